The molecule has 19 heavy (non-hydrogen) atoms. The number of aryl methyl sites for hydroxylation is 1. The highest BCUT2D eigenvalue weighted by Gasteiger charge is 2.11. The number of H-pyrrole nitrogens is 1. The smallest absolute Gasteiger partial charge is 0.337 e. The maximum Gasteiger partial charge on any atom is 0.337 e. The first-order valence-corrected chi connectivity index (χ1v) is 6.93. The SMILES string of the molecule is CCCCCCCc1nc2c(C(=O)O)cccc2[nH]1. The van der Waals surface area contributed by atoms with Gasteiger partial charge in [0.25, 0.3) is 0 Å². The summed E-state index contributed by atoms with van der Waals surface area (Å²) in [5.74, 6) is -0.0354. The van der Waals surface area contributed by atoms with E-state index in [1.165, 1.54) is 25.7 Å². The summed E-state index contributed by atoms with van der Waals surface area (Å²) in [6.07, 6.45) is 6.98. The first kappa shape index (κ1) is 13.6. The molecule has 2 aromatic rings. The lowest BCUT2D eigenvalue weighted by Gasteiger charge is -1.97. The number of nitrogens with zero attached hydrogens (tertiary/aromatic N) is 1. The lowest BCUT2D eigenvalue weighted by atomic mass is 10.1. The molecule has 0 aliphatic rings. The van der Waals surface area contributed by atoms with Crippen LogP contribution in [0.1, 0.15) is 55.2 Å². The fourth-order valence-electron chi connectivity index (χ4n) is 2.27. The van der Waals surface area contributed by atoms with Gasteiger partial charge < -0.3 is 10.1 Å². The number of carboxylic acids is 1. The zero-order valence-corrected chi connectivity index (χ0v) is 11.3. The molecule has 1 aromatic carbocycles. The molecule has 4 nitrogen and oxygen atoms in total. The van der Waals surface area contributed by atoms with Gasteiger partial charge in [-0.25, -0.2) is 9.78 Å². The topological polar surface area (TPSA) is 66.0 Å². The summed E-state index contributed by atoms with van der Waals surface area (Å²) in [5.41, 5.74) is 1.65. The van der Waals surface area contributed by atoms with Crippen molar-refractivity contribution in [2.24, 2.45) is 0 Å². The summed E-state index contributed by atoms with van der Waals surface area (Å²) in [7, 11) is 0. The minimum atomic E-state index is -0.924. The van der Waals surface area contributed by atoms with Crippen molar-refractivity contribution in [1.29, 1.82) is 0 Å². The fraction of sp³-hybridized carbons (Fsp3) is 0.467. The largest absolute Gasteiger partial charge is 0.478 e. The molecule has 0 fully saturated rings. The highest BCUT2D eigenvalue weighted by atomic mass is 16.4. The summed E-state index contributed by atoms with van der Waals surface area (Å²) in [5, 5.41) is 9.11. The number of hydrogen-bond acceptors (Lipinski definition) is 2. The number of carboxylic acid groups (broad SMARTS) is 1. The molecule has 1 heterocycles. The molecule has 0 bridgehead atoms. The van der Waals surface area contributed by atoms with E-state index >= 15 is 0 Å². The molecule has 4 heteroatoms. The number of aromatic amines is 1. The van der Waals surface area contributed by atoms with Crippen LogP contribution in [0.5, 0.6) is 0 Å². The van der Waals surface area contributed by atoms with Gasteiger partial charge in [0, 0.05) is 6.42 Å². The van der Waals surface area contributed by atoms with Crippen LogP contribution >= 0.6 is 0 Å². The second-order valence-corrected chi connectivity index (χ2v) is 4.85. The molecule has 1 aromatic heterocycles. The molecule has 0 aliphatic carbocycles. The van der Waals surface area contributed by atoms with E-state index in [0.717, 1.165) is 24.2 Å². The third-order valence-corrected chi connectivity index (χ3v) is 3.31. The van der Waals surface area contributed by atoms with Crippen molar-refractivity contribution in [2.45, 2.75) is 45.4 Å². The molecule has 2 rings (SSSR count). The molecule has 0 unspecified atom stereocenters. The predicted octanol–water partition coefficient (Wildman–Crippen LogP) is 3.77. The number of aromatic nitrogens is 2. The van der Waals surface area contributed by atoms with Gasteiger partial charge in [-0.15, -0.1) is 0 Å². The van der Waals surface area contributed by atoms with Crippen LogP contribution in [0.25, 0.3) is 11.0 Å². The summed E-state index contributed by atoms with van der Waals surface area (Å²) < 4.78 is 0. The molecule has 102 valence electrons. The van der Waals surface area contributed by atoms with Crippen molar-refractivity contribution in [3.05, 3.63) is 29.6 Å². The number of para-hydroxylation sites is 1. The first-order chi connectivity index (χ1) is 9.22. The number of hydrogen-bond donors (Lipinski definition) is 2. The second kappa shape index (κ2) is 6.36. The Labute approximate surface area is 112 Å². The molecule has 2 N–H and O–H groups in total. The monoisotopic (exact) mass is 260 g/mol. The Kier molecular flexibility index (Phi) is 4.55. The predicted molar refractivity (Wildman–Crippen MR) is 75.5 cm³/mol. The molecule has 0 atom stereocenters. The zero-order chi connectivity index (χ0) is 13.7. The Morgan fingerprint density at radius 3 is 2.79 bits per heavy atom. The zero-order valence-electron chi connectivity index (χ0n) is 11.3. The van der Waals surface area contributed by atoms with Gasteiger partial charge in [-0.05, 0) is 18.6 Å². The van der Waals surface area contributed by atoms with Crippen molar-refractivity contribution in [3.8, 4) is 0 Å². The van der Waals surface area contributed by atoms with Crippen LogP contribution in [0.3, 0.4) is 0 Å². The minimum Gasteiger partial charge on any atom is -0.478 e. The lowest BCUT2D eigenvalue weighted by Crippen LogP contribution is -1.96. The lowest BCUT2D eigenvalue weighted by molar-refractivity contribution is 0.0699. The summed E-state index contributed by atoms with van der Waals surface area (Å²) in [6.45, 7) is 2.20. The number of rotatable bonds is 7. The van der Waals surface area contributed by atoms with Crippen LogP contribution in [-0.4, -0.2) is 21.0 Å². The van der Waals surface area contributed by atoms with Gasteiger partial charge in [-0.3, -0.25) is 0 Å². The van der Waals surface area contributed by atoms with Gasteiger partial charge in [0.1, 0.15) is 11.3 Å². The standard InChI is InChI=1S/C15H20N2O2/c1-2-3-4-5-6-10-13-16-12-9-7-8-11(15(18)19)14(12)17-13/h7-9H,2-6,10H2,1H3,(H,16,17)(H,18,19). The van der Waals surface area contributed by atoms with Gasteiger partial charge in [0.05, 0.1) is 11.1 Å². The fourth-order valence-corrected chi connectivity index (χ4v) is 2.27. The van der Waals surface area contributed by atoms with Crippen molar-refractivity contribution in [3.63, 3.8) is 0 Å². The third kappa shape index (κ3) is 3.34. The molecule has 0 saturated carbocycles. The van der Waals surface area contributed by atoms with E-state index in [1.54, 1.807) is 12.1 Å². The second-order valence-electron chi connectivity index (χ2n) is 4.85. The van der Waals surface area contributed by atoms with E-state index in [9.17, 15) is 4.79 Å². The number of carbonyl (C=O) groups is 1. The number of aromatic carboxylic acids is 1. The van der Waals surface area contributed by atoms with Crippen molar-refractivity contribution in [1.82, 2.24) is 9.97 Å². The molecule has 0 saturated heterocycles. The van der Waals surface area contributed by atoms with E-state index in [2.05, 4.69) is 16.9 Å². The first-order valence-electron chi connectivity index (χ1n) is 6.93. The van der Waals surface area contributed by atoms with Crippen LogP contribution in [0.2, 0.25) is 0 Å². The van der Waals surface area contributed by atoms with Gasteiger partial charge >= 0.3 is 5.97 Å². The molecular formula is C15H20N2O2. The van der Waals surface area contributed by atoms with E-state index < -0.39 is 5.97 Å². The highest BCUT2D eigenvalue weighted by Crippen LogP contribution is 2.17. The molecule has 0 radical (unpaired) electrons. The molecule has 0 aliphatic heterocycles. The summed E-state index contributed by atoms with van der Waals surface area (Å²) in [4.78, 5) is 18.7. The Bertz CT molecular complexity index is 560. The van der Waals surface area contributed by atoms with Crippen molar-refractivity contribution in [2.75, 3.05) is 0 Å². The van der Waals surface area contributed by atoms with E-state index in [0.29, 0.717) is 5.52 Å². The van der Waals surface area contributed by atoms with Crippen molar-refractivity contribution >= 4 is 17.0 Å². The molecular weight excluding hydrogens is 240 g/mol. The Hall–Kier alpha value is -1.84. The normalized spacial score (nSPS) is 11.0. The summed E-state index contributed by atoms with van der Waals surface area (Å²) >= 11 is 0. The Morgan fingerprint density at radius 2 is 2.05 bits per heavy atom. The quantitative estimate of drug-likeness (QED) is 0.745. The van der Waals surface area contributed by atoms with Gasteiger partial charge in [-0.2, -0.15) is 0 Å². The number of fused-ring (bicyclic) bond motifs is 1. The van der Waals surface area contributed by atoms with Gasteiger partial charge in [-0.1, -0.05) is 38.7 Å². The van der Waals surface area contributed by atoms with Crippen LogP contribution in [0.4, 0.5) is 0 Å². The van der Waals surface area contributed by atoms with E-state index in [-0.39, 0.29) is 5.56 Å². The third-order valence-electron chi connectivity index (χ3n) is 3.31. The average Bonchev–Trinajstić information content (AvgIpc) is 2.80. The number of imidazole rings is 1. The van der Waals surface area contributed by atoms with Gasteiger partial charge in [0.15, 0.2) is 0 Å². The number of benzene rings is 1. The highest BCUT2D eigenvalue weighted by molar-refractivity contribution is 6.00. The maximum absolute atomic E-state index is 11.1. The van der Waals surface area contributed by atoms with Crippen LogP contribution < -0.4 is 0 Å². The maximum atomic E-state index is 11.1. The minimum absolute atomic E-state index is 0.269. The van der Waals surface area contributed by atoms with Crippen LogP contribution in [0.15, 0.2) is 18.2 Å². The Morgan fingerprint density at radius 1 is 1.26 bits per heavy atom. The van der Waals surface area contributed by atoms with Crippen molar-refractivity contribution < 1.29 is 9.90 Å². The number of unbranched alkanes of at least 4 members (excludes halogenated alkanes) is 4. The molecule has 0 amide bonds. The van der Waals surface area contributed by atoms with E-state index in [1.807, 2.05) is 6.07 Å². The van der Waals surface area contributed by atoms with Crippen LogP contribution in [0, 0.1) is 0 Å². The summed E-state index contributed by atoms with van der Waals surface area (Å²) in [6, 6.07) is 5.21. The number of nitrogens with one attached hydrogen (secondary N) is 1. The average molecular weight is 260 g/mol. The van der Waals surface area contributed by atoms with Gasteiger partial charge in [0.2, 0.25) is 0 Å². The van der Waals surface area contributed by atoms with E-state index in [4.69, 9.17) is 5.11 Å². The Balaban J connectivity index is 2.05. The van der Waals surface area contributed by atoms with Crippen LogP contribution in [-0.2, 0) is 6.42 Å². The molecule has 0 spiro atoms.